The number of hydrogen-bond acceptors (Lipinski definition) is 4. The van der Waals surface area contributed by atoms with Crippen LogP contribution < -0.4 is 0 Å². The van der Waals surface area contributed by atoms with E-state index in [1.807, 2.05) is 6.07 Å². The van der Waals surface area contributed by atoms with E-state index in [9.17, 15) is 10.1 Å². The lowest BCUT2D eigenvalue weighted by atomic mass is 10.0. The van der Waals surface area contributed by atoms with E-state index in [0.717, 1.165) is 0 Å². The van der Waals surface area contributed by atoms with Gasteiger partial charge in [0.2, 0.25) is 0 Å². The van der Waals surface area contributed by atoms with Crippen LogP contribution in [0.1, 0.15) is 16.7 Å². The van der Waals surface area contributed by atoms with Gasteiger partial charge in [0.25, 0.3) is 5.69 Å². The quantitative estimate of drug-likeness (QED) is 0.541. The van der Waals surface area contributed by atoms with E-state index in [1.54, 1.807) is 0 Å². The van der Waals surface area contributed by atoms with Crippen LogP contribution in [0.3, 0.4) is 0 Å². The molecule has 0 aromatic heterocycles. The van der Waals surface area contributed by atoms with Gasteiger partial charge in [-0.05, 0) is 0 Å². The minimum atomic E-state index is -0.595. The monoisotopic (exact) mass is 224 g/mol. The molecular weight excluding hydrogens is 220 g/mol. The van der Waals surface area contributed by atoms with Crippen LogP contribution in [0, 0.1) is 21.4 Å². The SMILES string of the molecule is N#Cc1cc([N+](=O)[O-])c(Cl)c2c1COC2. The molecule has 1 heterocycles. The van der Waals surface area contributed by atoms with Gasteiger partial charge in [-0.3, -0.25) is 10.1 Å². The maximum absolute atomic E-state index is 10.7. The summed E-state index contributed by atoms with van der Waals surface area (Å²) in [6.07, 6.45) is 0. The van der Waals surface area contributed by atoms with Crippen molar-refractivity contribution in [1.82, 2.24) is 0 Å². The Kier molecular flexibility index (Phi) is 2.31. The molecular formula is C9H5ClN2O3. The number of nitrogens with zero attached hydrogens (tertiary/aromatic N) is 2. The highest BCUT2D eigenvalue weighted by Crippen LogP contribution is 2.36. The van der Waals surface area contributed by atoms with Gasteiger partial charge in [-0.15, -0.1) is 0 Å². The maximum atomic E-state index is 10.7. The summed E-state index contributed by atoms with van der Waals surface area (Å²) in [7, 11) is 0. The number of halogens is 1. The molecule has 0 unspecified atom stereocenters. The Bertz CT molecular complexity index is 493. The van der Waals surface area contributed by atoms with Crippen molar-refractivity contribution >= 4 is 17.3 Å². The molecule has 6 heteroatoms. The highest BCUT2D eigenvalue weighted by atomic mass is 35.5. The van der Waals surface area contributed by atoms with Crippen LogP contribution in [0.2, 0.25) is 5.02 Å². The predicted molar refractivity (Wildman–Crippen MR) is 51.3 cm³/mol. The zero-order valence-corrected chi connectivity index (χ0v) is 8.24. The molecule has 0 atom stereocenters. The number of nitro groups is 1. The van der Waals surface area contributed by atoms with Crippen LogP contribution in [0.5, 0.6) is 0 Å². The van der Waals surface area contributed by atoms with E-state index in [4.69, 9.17) is 21.6 Å². The van der Waals surface area contributed by atoms with Crippen LogP contribution in [0.15, 0.2) is 6.07 Å². The van der Waals surface area contributed by atoms with Gasteiger partial charge < -0.3 is 4.74 Å². The van der Waals surface area contributed by atoms with Gasteiger partial charge in [0.1, 0.15) is 5.02 Å². The average molecular weight is 225 g/mol. The first-order valence-corrected chi connectivity index (χ1v) is 4.49. The number of nitriles is 1. The molecule has 0 fully saturated rings. The van der Waals surface area contributed by atoms with Gasteiger partial charge in [-0.25, -0.2) is 0 Å². The summed E-state index contributed by atoms with van der Waals surface area (Å²) in [5, 5.41) is 19.6. The summed E-state index contributed by atoms with van der Waals surface area (Å²) in [4.78, 5) is 10.1. The van der Waals surface area contributed by atoms with Gasteiger partial charge in [0, 0.05) is 17.2 Å². The highest BCUT2D eigenvalue weighted by molar-refractivity contribution is 6.33. The molecule has 5 nitrogen and oxygen atoms in total. The van der Waals surface area contributed by atoms with Gasteiger partial charge in [-0.2, -0.15) is 5.26 Å². The fourth-order valence-corrected chi connectivity index (χ4v) is 1.83. The third-order valence-electron chi connectivity index (χ3n) is 2.27. The molecule has 0 bridgehead atoms. The number of hydrogen-bond donors (Lipinski definition) is 0. The Hall–Kier alpha value is -1.64. The van der Waals surface area contributed by atoms with Crippen LogP contribution in [0.4, 0.5) is 5.69 Å². The van der Waals surface area contributed by atoms with E-state index in [2.05, 4.69) is 0 Å². The molecule has 0 amide bonds. The van der Waals surface area contributed by atoms with Crippen molar-refractivity contribution in [1.29, 1.82) is 5.26 Å². The first-order valence-electron chi connectivity index (χ1n) is 4.11. The summed E-state index contributed by atoms with van der Waals surface area (Å²) in [6.45, 7) is 0.514. The third kappa shape index (κ3) is 1.44. The van der Waals surface area contributed by atoms with Crippen LogP contribution in [-0.2, 0) is 18.0 Å². The number of benzene rings is 1. The minimum absolute atomic E-state index is 0.0755. The van der Waals surface area contributed by atoms with Crippen molar-refractivity contribution < 1.29 is 9.66 Å². The molecule has 1 aromatic carbocycles. The van der Waals surface area contributed by atoms with Gasteiger partial charge >= 0.3 is 0 Å². The van der Waals surface area contributed by atoms with E-state index in [0.29, 0.717) is 11.1 Å². The lowest BCUT2D eigenvalue weighted by Crippen LogP contribution is -1.96. The lowest BCUT2D eigenvalue weighted by Gasteiger charge is -2.03. The number of nitro benzene ring substituents is 1. The fourth-order valence-electron chi connectivity index (χ4n) is 1.54. The van der Waals surface area contributed by atoms with Crippen LogP contribution in [0.25, 0.3) is 0 Å². The smallest absolute Gasteiger partial charge is 0.289 e. The Morgan fingerprint density at radius 1 is 1.53 bits per heavy atom. The van der Waals surface area contributed by atoms with Crippen molar-refractivity contribution in [3.63, 3.8) is 0 Å². The molecule has 0 radical (unpaired) electrons. The van der Waals surface area contributed by atoms with Crippen molar-refractivity contribution in [3.05, 3.63) is 37.9 Å². The summed E-state index contributed by atoms with van der Waals surface area (Å²) in [6, 6.07) is 3.10. The first kappa shape index (κ1) is 9.90. The Morgan fingerprint density at radius 3 is 2.80 bits per heavy atom. The molecule has 76 valence electrons. The topological polar surface area (TPSA) is 76.2 Å². The lowest BCUT2D eigenvalue weighted by molar-refractivity contribution is -0.384. The van der Waals surface area contributed by atoms with Crippen molar-refractivity contribution in [2.45, 2.75) is 13.2 Å². The zero-order chi connectivity index (χ0) is 11.0. The van der Waals surface area contributed by atoms with Crippen molar-refractivity contribution in [2.75, 3.05) is 0 Å². The number of rotatable bonds is 1. The standard InChI is InChI=1S/C9H5ClN2O3/c10-9-7-4-15-3-6(7)5(2-11)1-8(9)12(13)14/h1H,3-4H2. The molecule has 1 aliphatic heterocycles. The average Bonchev–Trinajstić information content (AvgIpc) is 2.67. The van der Waals surface area contributed by atoms with Crippen LogP contribution >= 0.6 is 11.6 Å². The Labute approximate surface area is 90.0 Å². The molecule has 1 aromatic rings. The van der Waals surface area contributed by atoms with Gasteiger partial charge in [0.05, 0.1) is 29.8 Å². The minimum Gasteiger partial charge on any atom is -0.372 e. The molecule has 0 N–H and O–H groups in total. The normalized spacial score (nSPS) is 13.3. The fraction of sp³-hybridized carbons (Fsp3) is 0.222. The summed E-state index contributed by atoms with van der Waals surface area (Å²) in [5.41, 5.74) is 1.24. The third-order valence-corrected chi connectivity index (χ3v) is 2.69. The molecule has 0 aliphatic carbocycles. The highest BCUT2D eigenvalue weighted by Gasteiger charge is 2.26. The number of ether oxygens (including phenoxy) is 1. The van der Waals surface area contributed by atoms with Gasteiger partial charge in [0.15, 0.2) is 0 Å². The van der Waals surface area contributed by atoms with Crippen molar-refractivity contribution in [2.24, 2.45) is 0 Å². The molecule has 1 aliphatic rings. The summed E-state index contributed by atoms with van der Waals surface area (Å²) < 4.78 is 5.11. The first-order chi connectivity index (χ1) is 7.15. The zero-order valence-electron chi connectivity index (χ0n) is 7.49. The molecule has 15 heavy (non-hydrogen) atoms. The second-order valence-electron chi connectivity index (χ2n) is 3.08. The van der Waals surface area contributed by atoms with E-state index >= 15 is 0 Å². The Balaban J connectivity index is 2.73. The molecule has 0 saturated heterocycles. The van der Waals surface area contributed by atoms with E-state index < -0.39 is 4.92 Å². The summed E-state index contributed by atoms with van der Waals surface area (Å²) in [5.74, 6) is 0. The molecule has 0 saturated carbocycles. The summed E-state index contributed by atoms with van der Waals surface area (Å²) >= 11 is 5.85. The second-order valence-corrected chi connectivity index (χ2v) is 3.45. The van der Waals surface area contributed by atoms with E-state index in [-0.39, 0.29) is 29.5 Å². The maximum Gasteiger partial charge on any atom is 0.289 e. The van der Waals surface area contributed by atoms with Crippen molar-refractivity contribution in [3.8, 4) is 6.07 Å². The second kappa shape index (κ2) is 3.50. The van der Waals surface area contributed by atoms with E-state index in [1.165, 1.54) is 6.07 Å². The van der Waals surface area contributed by atoms with Crippen LogP contribution in [-0.4, -0.2) is 4.92 Å². The largest absolute Gasteiger partial charge is 0.372 e. The number of fused-ring (bicyclic) bond motifs is 1. The predicted octanol–water partition coefficient (Wildman–Crippen LogP) is 2.15. The molecule has 0 spiro atoms. The Morgan fingerprint density at radius 2 is 2.20 bits per heavy atom. The molecule has 2 rings (SSSR count). The van der Waals surface area contributed by atoms with Gasteiger partial charge in [-0.1, -0.05) is 11.6 Å².